The summed E-state index contributed by atoms with van der Waals surface area (Å²) in [5, 5.41) is 3.42. The molecule has 0 fully saturated rings. The van der Waals surface area contributed by atoms with Crippen molar-refractivity contribution >= 4 is 40.9 Å². The highest BCUT2D eigenvalue weighted by Gasteiger charge is 2.09. The Bertz CT molecular complexity index is 447. The zero-order valence-corrected chi connectivity index (χ0v) is 11.0. The average molecular weight is 275 g/mol. The fourth-order valence-electron chi connectivity index (χ4n) is 1.19. The number of carbonyl (C=O) groups excluding carboxylic acids is 1. The van der Waals surface area contributed by atoms with E-state index in [1.165, 1.54) is 7.11 Å². The van der Waals surface area contributed by atoms with Crippen LogP contribution in [0.3, 0.4) is 0 Å². The van der Waals surface area contributed by atoms with Crippen LogP contribution in [0.5, 0.6) is 0 Å². The van der Waals surface area contributed by atoms with E-state index in [1.807, 2.05) is 6.92 Å². The number of methoxy groups -OCH3 is 1. The normalized spacial score (nSPS) is 11.2. The molecule has 0 spiro atoms. The number of esters is 1. The maximum atomic E-state index is 11.4. The molecule has 0 aliphatic heterocycles. The second-order valence-electron chi connectivity index (χ2n) is 3.20. The van der Waals surface area contributed by atoms with Crippen LogP contribution in [-0.2, 0) is 4.74 Å². The Balaban J connectivity index is 3.02. The lowest BCUT2D eigenvalue weighted by molar-refractivity contribution is 0.0601. The average Bonchev–Trinajstić information content (AvgIpc) is 2.36. The Labute approximate surface area is 110 Å². The summed E-state index contributed by atoms with van der Waals surface area (Å²) in [4.78, 5) is 11.4. The smallest absolute Gasteiger partial charge is 0.337 e. The van der Waals surface area contributed by atoms with E-state index in [0.717, 1.165) is 0 Å². The summed E-state index contributed by atoms with van der Waals surface area (Å²) >= 11 is 11.4. The third-order valence-electron chi connectivity index (χ3n) is 2.10. The van der Waals surface area contributed by atoms with Crippen LogP contribution in [0, 0.1) is 0 Å². The Hall–Kier alpha value is -1.26. The lowest BCUT2D eigenvalue weighted by atomic mass is 10.2. The van der Waals surface area contributed by atoms with Gasteiger partial charge in [0, 0.05) is 18.2 Å². The SMILES string of the molecule is CCC(=NCl)Nc1cc(C(=O)OC)ccc1Cl. The van der Waals surface area contributed by atoms with Crippen molar-refractivity contribution in [2.45, 2.75) is 13.3 Å². The van der Waals surface area contributed by atoms with E-state index in [9.17, 15) is 4.79 Å². The summed E-state index contributed by atoms with van der Waals surface area (Å²) in [6.07, 6.45) is 0.627. The number of nitrogens with one attached hydrogen (secondary N) is 1. The molecule has 4 nitrogen and oxygen atoms in total. The second-order valence-corrected chi connectivity index (χ2v) is 3.77. The first kappa shape index (κ1) is 13.8. The predicted octanol–water partition coefficient (Wildman–Crippen LogP) is 3.50. The van der Waals surface area contributed by atoms with Crippen LogP contribution in [0.2, 0.25) is 5.02 Å². The van der Waals surface area contributed by atoms with E-state index in [1.54, 1.807) is 18.2 Å². The molecule has 1 N–H and O–H groups in total. The molecule has 17 heavy (non-hydrogen) atoms. The fraction of sp³-hybridized carbons (Fsp3) is 0.273. The molecule has 6 heteroatoms. The van der Waals surface area contributed by atoms with E-state index in [4.69, 9.17) is 23.4 Å². The standard InChI is InChI=1S/C11H12Cl2N2O2/c1-3-10(15-13)14-9-6-7(11(16)17-2)4-5-8(9)12/h4-6H,3H2,1-2H3,(H,14,15). The quantitative estimate of drug-likeness (QED) is 0.521. The minimum absolute atomic E-state index is 0.407. The van der Waals surface area contributed by atoms with Gasteiger partial charge in [0.15, 0.2) is 0 Å². The number of ether oxygens (including phenoxy) is 1. The molecule has 0 amide bonds. The first-order valence-electron chi connectivity index (χ1n) is 4.95. The van der Waals surface area contributed by atoms with Crippen LogP contribution in [-0.4, -0.2) is 18.9 Å². The summed E-state index contributed by atoms with van der Waals surface area (Å²) in [7, 11) is 1.32. The number of rotatable bonds is 3. The first-order chi connectivity index (χ1) is 8.12. The van der Waals surface area contributed by atoms with E-state index >= 15 is 0 Å². The summed E-state index contributed by atoms with van der Waals surface area (Å²) < 4.78 is 8.16. The molecule has 0 atom stereocenters. The van der Waals surface area contributed by atoms with E-state index in [-0.39, 0.29) is 0 Å². The van der Waals surface area contributed by atoms with Gasteiger partial charge in [-0.2, -0.15) is 4.51 Å². The molecule has 0 bridgehead atoms. The van der Waals surface area contributed by atoms with Gasteiger partial charge in [0.25, 0.3) is 0 Å². The van der Waals surface area contributed by atoms with Crippen LogP contribution < -0.4 is 5.32 Å². The third-order valence-corrected chi connectivity index (χ3v) is 2.64. The van der Waals surface area contributed by atoms with Gasteiger partial charge in [0.1, 0.15) is 5.84 Å². The van der Waals surface area contributed by atoms with Gasteiger partial charge in [0.05, 0.1) is 23.4 Å². The first-order valence-corrected chi connectivity index (χ1v) is 5.66. The van der Waals surface area contributed by atoms with Crippen molar-refractivity contribution in [2.24, 2.45) is 4.51 Å². The van der Waals surface area contributed by atoms with Crippen molar-refractivity contribution in [1.82, 2.24) is 0 Å². The van der Waals surface area contributed by atoms with Gasteiger partial charge in [-0.05, 0) is 18.2 Å². The molecule has 0 aromatic heterocycles. The van der Waals surface area contributed by atoms with Crippen LogP contribution in [0.4, 0.5) is 5.69 Å². The van der Waals surface area contributed by atoms with Crippen molar-refractivity contribution in [2.75, 3.05) is 12.4 Å². The van der Waals surface area contributed by atoms with Gasteiger partial charge in [-0.1, -0.05) is 18.5 Å². The minimum atomic E-state index is -0.425. The van der Waals surface area contributed by atoms with Crippen LogP contribution in [0.15, 0.2) is 22.7 Å². The summed E-state index contributed by atoms with van der Waals surface area (Å²) in [6.45, 7) is 1.90. The van der Waals surface area contributed by atoms with Crippen molar-refractivity contribution < 1.29 is 9.53 Å². The largest absolute Gasteiger partial charge is 0.465 e. The van der Waals surface area contributed by atoms with Crippen molar-refractivity contribution in [3.63, 3.8) is 0 Å². The van der Waals surface area contributed by atoms with Gasteiger partial charge in [-0.15, -0.1) is 0 Å². The number of carbonyl (C=O) groups is 1. The van der Waals surface area contributed by atoms with Gasteiger partial charge in [0.2, 0.25) is 0 Å². The molecule has 0 aliphatic carbocycles. The third kappa shape index (κ3) is 3.61. The number of amidine groups is 1. The maximum Gasteiger partial charge on any atom is 0.337 e. The maximum absolute atomic E-state index is 11.4. The molecule has 0 aliphatic rings. The predicted molar refractivity (Wildman–Crippen MR) is 70.0 cm³/mol. The van der Waals surface area contributed by atoms with Crippen LogP contribution >= 0.6 is 23.4 Å². The van der Waals surface area contributed by atoms with Crippen molar-refractivity contribution in [3.8, 4) is 0 Å². The number of hydrogen-bond donors (Lipinski definition) is 1. The van der Waals surface area contributed by atoms with Crippen LogP contribution in [0.1, 0.15) is 23.7 Å². The zero-order valence-electron chi connectivity index (χ0n) is 9.46. The van der Waals surface area contributed by atoms with Crippen molar-refractivity contribution in [3.05, 3.63) is 28.8 Å². The van der Waals surface area contributed by atoms with Gasteiger partial charge in [-0.25, -0.2) is 4.79 Å². The van der Waals surface area contributed by atoms with E-state index < -0.39 is 5.97 Å². The van der Waals surface area contributed by atoms with Crippen molar-refractivity contribution in [1.29, 1.82) is 0 Å². The molecule has 0 saturated heterocycles. The van der Waals surface area contributed by atoms with Gasteiger partial charge >= 0.3 is 5.97 Å². The Kier molecular flexibility index (Phi) is 5.25. The Morgan fingerprint density at radius 2 is 2.24 bits per heavy atom. The monoisotopic (exact) mass is 274 g/mol. The highest BCUT2D eigenvalue weighted by molar-refractivity contribution is 6.34. The summed E-state index contributed by atoms with van der Waals surface area (Å²) in [5.41, 5.74) is 0.972. The van der Waals surface area contributed by atoms with Gasteiger partial charge in [-0.3, -0.25) is 0 Å². The summed E-state index contributed by atoms with van der Waals surface area (Å²) in [5.74, 6) is 0.140. The highest BCUT2D eigenvalue weighted by atomic mass is 35.5. The lowest BCUT2D eigenvalue weighted by Crippen LogP contribution is -2.11. The number of halogens is 2. The Morgan fingerprint density at radius 3 is 2.76 bits per heavy atom. The second kappa shape index (κ2) is 6.47. The van der Waals surface area contributed by atoms with Crippen LogP contribution in [0.25, 0.3) is 0 Å². The molecule has 0 radical (unpaired) electrons. The number of nitrogens with zero attached hydrogens (tertiary/aromatic N) is 1. The fourth-order valence-corrected chi connectivity index (χ4v) is 1.52. The molecular formula is C11H12Cl2N2O2. The number of anilines is 1. The molecule has 0 heterocycles. The Morgan fingerprint density at radius 1 is 1.53 bits per heavy atom. The van der Waals surface area contributed by atoms with E-state index in [0.29, 0.717) is 28.5 Å². The topological polar surface area (TPSA) is 50.7 Å². The highest BCUT2D eigenvalue weighted by Crippen LogP contribution is 2.23. The lowest BCUT2D eigenvalue weighted by Gasteiger charge is -2.09. The number of hydrogen-bond acceptors (Lipinski definition) is 3. The minimum Gasteiger partial charge on any atom is -0.465 e. The number of benzene rings is 1. The van der Waals surface area contributed by atoms with Gasteiger partial charge < -0.3 is 10.1 Å². The molecule has 0 unspecified atom stereocenters. The molecule has 1 aromatic carbocycles. The zero-order chi connectivity index (χ0) is 12.8. The summed E-state index contributed by atoms with van der Waals surface area (Å²) in [6, 6.07) is 4.78. The molecule has 1 rings (SSSR count). The molecule has 92 valence electrons. The molecule has 1 aromatic rings. The molecule has 0 saturated carbocycles. The van der Waals surface area contributed by atoms with E-state index in [2.05, 4.69) is 14.6 Å². The molecular weight excluding hydrogens is 263 g/mol.